The lowest BCUT2D eigenvalue weighted by molar-refractivity contribution is 0.0954. The summed E-state index contributed by atoms with van der Waals surface area (Å²) in [7, 11) is 0. The largest absolute Gasteiger partial charge is 0.439 e. The van der Waals surface area contributed by atoms with Crippen LogP contribution >= 0.6 is 27.3 Å². The van der Waals surface area contributed by atoms with Crippen molar-refractivity contribution in [1.29, 1.82) is 0 Å². The van der Waals surface area contributed by atoms with E-state index in [2.05, 4.69) is 32.3 Å². The molecule has 2 aromatic heterocycles. The first-order valence-electron chi connectivity index (χ1n) is 7.41. The van der Waals surface area contributed by atoms with Gasteiger partial charge >= 0.3 is 0 Å². The van der Waals surface area contributed by atoms with Gasteiger partial charge in [0.05, 0.1) is 5.56 Å². The Balaban J connectivity index is 1.54. The average molecular weight is 403 g/mol. The number of hydrogen-bond donors (Lipinski definition) is 1. The third kappa shape index (κ3) is 4.66. The van der Waals surface area contributed by atoms with Crippen molar-refractivity contribution in [2.45, 2.75) is 6.42 Å². The van der Waals surface area contributed by atoms with E-state index in [0.29, 0.717) is 23.7 Å². The minimum absolute atomic E-state index is 0.131. The summed E-state index contributed by atoms with van der Waals surface area (Å²) in [5, 5.41) is 4.93. The summed E-state index contributed by atoms with van der Waals surface area (Å²) in [4.78, 5) is 17.5. The van der Waals surface area contributed by atoms with E-state index in [1.807, 2.05) is 35.7 Å². The average Bonchev–Trinajstić information content (AvgIpc) is 3.09. The van der Waals surface area contributed by atoms with Gasteiger partial charge in [0.15, 0.2) is 0 Å². The highest BCUT2D eigenvalue weighted by molar-refractivity contribution is 9.10. The molecule has 3 aromatic rings. The number of nitrogens with zero attached hydrogens (tertiary/aromatic N) is 1. The molecule has 3 rings (SSSR count). The molecule has 4 nitrogen and oxygen atoms in total. The summed E-state index contributed by atoms with van der Waals surface area (Å²) < 4.78 is 6.58. The molecule has 0 aliphatic rings. The number of benzene rings is 1. The van der Waals surface area contributed by atoms with Gasteiger partial charge < -0.3 is 10.1 Å². The second-order valence-electron chi connectivity index (χ2n) is 5.03. The van der Waals surface area contributed by atoms with Crippen LogP contribution in [0.15, 0.2) is 64.6 Å². The van der Waals surface area contributed by atoms with E-state index in [1.54, 1.807) is 23.5 Å². The minimum Gasteiger partial charge on any atom is -0.439 e. The predicted molar refractivity (Wildman–Crippen MR) is 98.8 cm³/mol. The Kier molecular flexibility index (Phi) is 5.61. The molecule has 122 valence electrons. The fourth-order valence-corrected chi connectivity index (χ4v) is 3.17. The second kappa shape index (κ2) is 8.08. The summed E-state index contributed by atoms with van der Waals surface area (Å²) in [6.45, 7) is 0.607. The van der Waals surface area contributed by atoms with Gasteiger partial charge in [-0.15, -0.1) is 11.3 Å². The van der Waals surface area contributed by atoms with Crippen LogP contribution in [-0.2, 0) is 6.42 Å². The van der Waals surface area contributed by atoms with E-state index in [1.165, 1.54) is 11.1 Å². The number of carbonyl (C=O) groups is 1. The Hall–Kier alpha value is -2.18. The first kappa shape index (κ1) is 16.7. The highest BCUT2D eigenvalue weighted by Gasteiger charge is 2.07. The predicted octanol–water partition coefficient (Wildman–Crippen LogP) is 4.67. The number of hydrogen-bond acceptors (Lipinski definition) is 4. The van der Waals surface area contributed by atoms with Crippen molar-refractivity contribution in [3.05, 3.63) is 75.0 Å². The van der Waals surface area contributed by atoms with Crippen LogP contribution in [0.3, 0.4) is 0 Å². The lowest BCUT2D eigenvalue weighted by Gasteiger charge is -2.07. The van der Waals surface area contributed by atoms with Gasteiger partial charge in [0, 0.05) is 28.2 Å². The number of aromatic nitrogens is 1. The number of ether oxygens (including phenoxy) is 1. The van der Waals surface area contributed by atoms with Gasteiger partial charge in [0.25, 0.3) is 5.91 Å². The molecule has 0 fully saturated rings. The molecular formula is C18H15BrN2O2S. The quantitative estimate of drug-likeness (QED) is 0.651. The van der Waals surface area contributed by atoms with Crippen LogP contribution in [0.1, 0.15) is 15.2 Å². The van der Waals surface area contributed by atoms with Gasteiger partial charge in [0.1, 0.15) is 5.75 Å². The van der Waals surface area contributed by atoms with Crippen molar-refractivity contribution in [2.75, 3.05) is 6.54 Å². The number of thiophene rings is 1. The van der Waals surface area contributed by atoms with Gasteiger partial charge in [-0.2, -0.15) is 0 Å². The molecule has 0 saturated heterocycles. The third-order valence-corrected chi connectivity index (χ3v) is 4.68. The molecule has 24 heavy (non-hydrogen) atoms. The summed E-state index contributed by atoms with van der Waals surface area (Å²) >= 11 is 5.08. The highest BCUT2D eigenvalue weighted by Crippen LogP contribution is 2.22. The highest BCUT2D eigenvalue weighted by atomic mass is 79.9. The maximum atomic E-state index is 12.1. The van der Waals surface area contributed by atoms with E-state index < -0.39 is 0 Å². The summed E-state index contributed by atoms with van der Waals surface area (Å²) in [6.07, 6.45) is 2.36. The van der Waals surface area contributed by atoms with Crippen LogP contribution in [0, 0.1) is 0 Å². The molecule has 0 saturated carbocycles. The zero-order chi connectivity index (χ0) is 16.8. The molecule has 2 heterocycles. The van der Waals surface area contributed by atoms with Crippen LogP contribution in [0.25, 0.3) is 0 Å². The van der Waals surface area contributed by atoms with Gasteiger partial charge in [0.2, 0.25) is 5.88 Å². The Morgan fingerprint density at radius 2 is 2.12 bits per heavy atom. The number of pyridine rings is 1. The van der Waals surface area contributed by atoms with Crippen LogP contribution < -0.4 is 10.1 Å². The number of amides is 1. The molecule has 6 heteroatoms. The van der Waals surface area contributed by atoms with Gasteiger partial charge in [-0.3, -0.25) is 4.79 Å². The molecule has 1 aromatic carbocycles. The van der Waals surface area contributed by atoms with Crippen LogP contribution in [-0.4, -0.2) is 17.4 Å². The summed E-state index contributed by atoms with van der Waals surface area (Å²) in [5.41, 5.74) is 0.516. The van der Waals surface area contributed by atoms with E-state index in [4.69, 9.17) is 4.74 Å². The maximum Gasteiger partial charge on any atom is 0.252 e. The zero-order valence-corrected chi connectivity index (χ0v) is 15.1. The van der Waals surface area contributed by atoms with E-state index >= 15 is 0 Å². The molecule has 0 aliphatic heterocycles. The van der Waals surface area contributed by atoms with Crippen LogP contribution in [0.4, 0.5) is 0 Å². The molecule has 0 bridgehead atoms. The number of halogens is 1. The van der Waals surface area contributed by atoms with Crippen molar-refractivity contribution in [3.8, 4) is 11.6 Å². The number of nitrogens with one attached hydrogen (secondary N) is 1. The molecular weight excluding hydrogens is 388 g/mol. The molecule has 0 aliphatic carbocycles. The summed E-state index contributed by atoms with van der Waals surface area (Å²) in [6, 6.07) is 15.0. The fourth-order valence-electron chi connectivity index (χ4n) is 2.08. The first-order chi connectivity index (χ1) is 11.7. The monoisotopic (exact) mass is 402 g/mol. The lowest BCUT2D eigenvalue weighted by atomic mass is 10.2. The minimum atomic E-state index is -0.131. The maximum absolute atomic E-state index is 12.1. The van der Waals surface area contributed by atoms with Crippen molar-refractivity contribution in [2.24, 2.45) is 0 Å². The van der Waals surface area contributed by atoms with Gasteiger partial charge in [-0.05, 0) is 42.1 Å². The third-order valence-electron chi connectivity index (χ3n) is 3.25. The fraction of sp³-hybridized carbons (Fsp3) is 0.111. The van der Waals surface area contributed by atoms with E-state index in [-0.39, 0.29) is 5.91 Å². The Labute approximate surface area is 152 Å². The van der Waals surface area contributed by atoms with E-state index in [0.717, 1.165) is 10.9 Å². The molecule has 0 atom stereocenters. The van der Waals surface area contributed by atoms with Gasteiger partial charge in [-0.25, -0.2) is 4.98 Å². The Bertz CT molecular complexity index is 804. The van der Waals surface area contributed by atoms with Crippen LogP contribution in [0.5, 0.6) is 11.6 Å². The number of carbonyl (C=O) groups excluding carboxylic acids is 1. The topological polar surface area (TPSA) is 51.2 Å². The molecule has 0 unspecified atom stereocenters. The van der Waals surface area contributed by atoms with Crippen molar-refractivity contribution < 1.29 is 9.53 Å². The smallest absolute Gasteiger partial charge is 0.252 e. The first-order valence-corrected chi connectivity index (χ1v) is 9.08. The summed E-state index contributed by atoms with van der Waals surface area (Å²) in [5.74, 6) is 1.00. The molecule has 0 spiro atoms. The zero-order valence-electron chi connectivity index (χ0n) is 12.7. The van der Waals surface area contributed by atoms with Gasteiger partial charge in [-0.1, -0.05) is 28.1 Å². The lowest BCUT2D eigenvalue weighted by Crippen LogP contribution is -2.25. The molecule has 1 amide bonds. The molecule has 0 radical (unpaired) electrons. The molecule has 1 N–H and O–H groups in total. The standard InChI is InChI=1S/C18H15BrN2O2S/c19-14-3-1-4-15(11-14)23-17-7-6-13(12-21-17)18(22)20-9-8-16-5-2-10-24-16/h1-7,10-12H,8-9H2,(H,20,22). The van der Waals surface area contributed by atoms with Crippen molar-refractivity contribution in [3.63, 3.8) is 0 Å². The van der Waals surface area contributed by atoms with E-state index in [9.17, 15) is 4.79 Å². The Morgan fingerprint density at radius 1 is 1.21 bits per heavy atom. The van der Waals surface area contributed by atoms with Crippen molar-refractivity contribution >= 4 is 33.2 Å². The van der Waals surface area contributed by atoms with Crippen molar-refractivity contribution in [1.82, 2.24) is 10.3 Å². The second-order valence-corrected chi connectivity index (χ2v) is 6.98. The Morgan fingerprint density at radius 3 is 2.83 bits per heavy atom. The number of rotatable bonds is 6. The SMILES string of the molecule is O=C(NCCc1cccs1)c1ccc(Oc2cccc(Br)c2)nc1. The van der Waals surface area contributed by atoms with Crippen LogP contribution in [0.2, 0.25) is 0 Å². The normalized spacial score (nSPS) is 10.4.